The number of imide groups is 1. The number of likely N-dealkylation sites (N-methyl/N-ethyl adjacent to an activating group) is 1. The third-order valence-electron chi connectivity index (χ3n) is 5.31. The van der Waals surface area contributed by atoms with Gasteiger partial charge in [-0.15, -0.1) is 0 Å². The first-order valence-corrected chi connectivity index (χ1v) is 10.7. The molecule has 0 unspecified atom stereocenters. The van der Waals surface area contributed by atoms with Crippen molar-refractivity contribution < 1.29 is 19.4 Å². The molecule has 0 aromatic heterocycles. The van der Waals surface area contributed by atoms with Gasteiger partial charge in [0.2, 0.25) is 0 Å². The van der Waals surface area contributed by atoms with Gasteiger partial charge in [0.05, 0.1) is 24.5 Å². The molecule has 0 radical (unpaired) electrons. The SMILES string of the molecule is CCCOc1ccc(C2=C(N(C)CCO)C(=O)N(c3ccc(C(C)C)cc3)C2=O)cc1. The van der Waals surface area contributed by atoms with Crippen molar-refractivity contribution in [3.05, 3.63) is 65.4 Å². The number of ether oxygens (including phenoxy) is 1. The predicted octanol–water partition coefficient (Wildman–Crippen LogP) is 3.81. The Kier molecular flexibility index (Phi) is 7.13. The molecule has 1 heterocycles. The predicted molar refractivity (Wildman–Crippen MR) is 122 cm³/mol. The lowest BCUT2D eigenvalue weighted by molar-refractivity contribution is -0.120. The Hall–Kier alpha value is -3.12. The average Bonchev–Trinajstić information content (AvgIpc) is 3.03. The van der Waals surface area contributed by atoms with Crippen LogP contribution in [0.1, 0.15) is 44.2 Å². The van der Waals surface area contributed by atoms with E-state index in [-0.39, 0.29) is 30.7 Å². The topological polar surface area (TPSA) is 70.1 Å². The molecule has 2 amide bonds. The highest BCUT2D eigenvalue weighted by atomic mass is 16.5. The maximum atomic E-state index is 13.4. The van der Waals surface area contributed by atoms with E-state index in [0.29, 0.717) is 29.3 Å². The van der Waals surface area contributed by atoms with Crippen molar-refractivity contribution >= 4 is 23.1 Å². The van der Waals surface area contributed by atoms with E-state index in [1.54, 1.807) is 48.3 Å². The number of rotatable bonds is 9. The smallest absolute Gasteiger partial charge is 0.282 e. The molecule has 6 nitrogen and oxygen atoms in total. The van der Waals surface area contributed by atoms with Gasteiger partial charge in [0, 0.05) is 13.6 Å². The zero-order valence-corrected chi connectivity index (χ0v) is 18.6. The minimum Gasteiger partial charge on any atom is -0.494 e. The van der Waals surface area contributed by atoms with Crippen LogP contribution in [-0.2, 0) is 9.59 Å². The van der Waals surface area contributed by atoms with E-state index in [1.807, 2.05) is 19.1 Å². The van der Waals surface area contributed by atoms with Crippen molar-refractivity contribution in [3.63, 3.8) is 0 Å². The number of benzene rings is 2. The average molecular weight is 423 g/mol. The van der Waals surface area contributed by atoms with Gasteiger partial charge >= 0.3 is 0 Å². The summed E-state index contributed by atoms with van der Waals surface area (Å²) in [5.41, 5.74) is 2.93. The Bertz CT molecular complexity index is 962. The molecule has 31 heavy (non-hydrogen) atoms. The Labute approximate surface area is 183 Å². The van der Waals surface area contributed by atoms with Gasteiger partial charge in [0.25, 0.3) is 11.8 Å². The summed E-state index contributed by atoms with van der Waals surface area (Å²) in [5.74, 6) is 0.311. The fraction of sp³-hybridized carbons (Fsp3) is 0.360. The normalized spacial score (nSPS) is 14.1. The van der Waals surface area contributed by atoms with Crippen molar-refractivity contribution in [1.82, 2.24) is 4.90 Å². The first kappa shape index (κ1) is 22.6. The van der Waals surface area contributed by atoms with Gasteiger partial charge < -0.3 is 14.7 Å². The minimum atomic E-state index is -0.389. The third kappa shape index (κ3) is 4.64. The summed E-state index contributed by atoms with van der Waals surface area (Å²) >= 11 is 0. The van der Waals surface area contributed by atoms with Crippen LogP contribution in [0, 0.1) is 0 Å². The lowest BCUT2D eigenvalue weighted by Gasteiger charge is -2.20. The van der Waals surface area contributed by atoms with E-state index >= 15 is 0 Å². The van der Waals surface area contributed by atoms with Gasteiger partial charge in [-0.25, -0.2) is 4.90 Å². The van der Waals surface area contributed by atoms with Gasteiger partial charge in [-0.1, -0.05) is 45.0 Å². The third-order valence-corrected chi connectivity index (χ3v) is 5.31. The molecule has 0 spiro atoms. The van der Waals surface area contributed by atoms with Crippen LogP contribution in [0.3, 0.4) is 0 Å². The highest BCUT2D eigenvalue weighted by Crippen LogP contribution is 2.35. The Morgan fingerprint density at radius 1 is 1.00 bits per heavy atom. The summed E-state index contributed by atoms with van der Waals surface area (Å²) in [6, 6.07) is 14.7. The van der Waals surface area contributed by atoms with Crippen molar-refractivity contribution in [1.29, 1.82) is 0 Å². The van der Waals surface area contributed by atoms with Gasteiger partial charge in [0.1, 0.15) is 11.4 Å². The molecule has 0 bridgehead atoms. The van der Waals surface area contributed by atoms with E-state index in [0.717, 1.165) is 17.7 Å². The summed E-state index contributed by atoms with van der Waals surface area (Å²) < 4.78 is 5.63. The van der Waals surface area contributed by atoms with E-state index in [4.69, 9.17) is 4.74 Å². The number of anilines is 1. The second-order valence-corrected chi connectivity index (χ2v) is 7.93. The molecule has 2 aromatic carbocycles. The fourth-order valence-electron chi connectivity index (χ4n) is 3.57. The molecule has 0 saturated heterocycles. The number of carbonyl (C=O) groups excluding carboxylic acids is 2. The van der Waals surface area contributed by atoms with Crippen LogP contribution in [0.15, 0.2) is 54.2 Å². The van der Waals surface area contributed by atoms with Crippen LogP contribution in [-0.4, -0.2) is 48.6 Å². The second kappa shape index (κ2) is 9.79. The molecule has 3 rings (SSSR count). The number of aliphatic hydroxyl groups is 1. The minimum absolute atomic E-state index is 0.123. The van der Waals surface area contributed by atoms with E-state index in [2.05, 4.69) is 13.8 Å². The number of hydrogen-bond donors (Lipinski definition) is 1. The maximum absolute atomic E-state index is 13.4. The lowest BCUT2D eigenvalue weighted by atomic mass is 10.0. The molecule has 2 aromatic rings. The van der Waals surface area contributed by atoms with Crippen molar-refractivity contribution in [2.45, 2.75) is 33.1 Å². The molecular weight excluding hydrogens is 392 g/mol. The molecule has 1 N–H and O–H groups in total. The summed E-state index contributed by atoms with van der Waals surface area (Å²) in [4.78, 5) is 29.6. The first-order chi connectivity index (χ1) is 14.9. The molecule has 1 aliphatic heterocycles. The Morgan fingerprint density at radius 3 is 2.19 bits per heavy atom. The van der Waals surface area contributed by atoms with Gasteiger partial charge in [0.15, 0.2) is 0 Å². The van der Waals surface area contributed by atoms with Crippen LogP contribution in [0.25, 0.3) is 5.57 Å². The monoisotopic (exact) mass is 422 g/mol. The second-order valence-electron chi connectivity index (χ2n) is 7.93. The highest BCUT2D eigenvalue weighted by molar-refractivity contribution is 6.45. The van der Waals surface area contributed by atoms with Crippen molar-refractivity contribution in [3.8, 4) is 5.75 Å². The number of nitrogens with zero attached hydrogens (tertiary/aromatic N) is 2. The lowest BCUT2D eigenvalue weighted by Crippen LogP contribution is -2.34. The summed E-state index contributed by atoms with van der Waals surface area (Å²) in [6.45, 7) is 6.96. The zero-order chi connectivity index (χ0) is 22.5. The van der Waals surface area contributed by atoms with Crippen LogP contribution >= 0.6 is 0 Å². The number of amides is 2. The summed E-state index contributed by atoms with van der Waals surface area (Å²) in [6.07, 6.45) is 0.903. The number of carbonyl (C=O) groups is 2. The highest BCUT2D eigenvalue weighted by Gasteiger charge is 2.41. The molecule has 1 aliphatic rings. The zero-order valence-electron chi connectivity index (χ0n) is 18.6. The summed E-state index contributed by atoms with van der Waals surface area (Å²) in [7, 11) is 1.71. The maximum Gasteiger partial charge on any atom is 0.282 e. The standard InChI is InChI=1S/C25H30N2O4/c1-5-16-31-21-12-8-19(9-13-21)22-23(26(4)14-15-28)25(30)27(24(22)29)20-10-6-18(7-11-20)17(2)3/h6-13,17,28H,5,14-16H2,1-4H3. The van der Waals surface area contributed by atoms with Crippen LogP contribution in [0.5, 0.6) is 5.75 Å². The van der Waals surface area contributed by atoms with E-state index < -0.39 is 0 Å². The van der Waals surface area contributed by atoms with Crippen LogP contribution in [0.2, 0.25) is 0 Å². The van der Waals surface area contributed by atoms with Crippen LogP contribution in [0.4, 0.5) is 5.69 Å². The van der Waals surface area contributed by atoms with Gasteiger partial charge in [-0.3, -0.25) is 9.59 Å². The number of hydrogen-bond acceptors (Lipinski definition) is 5. The fourth-order valence-corrected chi connectivity index (χ4v) is 3.57. The van der Waals surface area contributed by atoms with Gasteiger partial charge in [-0.05, 0) is 47.7 Å². The quantitative estimate of drug-likeness (QED) is 0.623. The molecule has 0 aliphatic carbocycles. The molecule has 164 valence electrons. The number of aliphatic hydroxyl groups excluding tert-OH is 1. The summed E-state index contributed by atoms with van der Waals surface area (Å²) in [5, 5.41) is 9.40. The van der Waals surface area contributed by atoms with E-state index in [1.165, 1.54) is 4.90 Å². The van der Waals surface area contributed by atoms with Gasteiger partial charge in [-0.2, -0.15) is 0 Å². The van der Waals surface area contributed by atoms with Crippen molar-refractivity contribution in [2.24, 2.45) is 0 Å². The Balaban J connectivity index is 2.00. The van der Waals surface area contributed by atoms with Crippen LogP contribution < -0.4 is 9.64 Å². The largest absolute Gasteiger partial charge is 0.494 e. The van der Waals surface area contributed by atoms with Crippen molar-refractivity contribution in [2.75, 3.05) is 31.7 Å². The molecule has 0 fully saturated rings. The molecular formula is C25H30N2O4. The molecule has 6 heteroatoms. The van der Waals surface area contributed by atoms with E-state index in [9.17, 15) is 14.7 Å². The Morgan fingerprint density at radius 2 is 1.65 bits per heavy atom. The molecule has 0 atom stereocenters. The first-order valence-electron chi connectivity index (χ1n) is 10.7. The molecule has 0 saturated carbocycles.